The van der Waals surface area contributed by atoms with Gasteiger partial charge in [-0.15, -0.1) is 0 Å². The van der Waals surface area contributed by atoms with Crippen LogP contribution in [-0.4, -0.2) is 8.97 Å². The lowest BCUT2D eigenvalue weighted by Gasteiger charge is -2.28. The molecule has 1 aliphatic heterocycles. The number of fused-ring (bicyclic) bond motifs is 14. The molecule has 1 unspecified atom stereocenters. The van der Waals surface area contributed by atoms with Crippen molar-refractivity contribution in [3.63, 3.8) is 0 Å². The number of benzene rings is 5. The molecular formula is C39H26N2. The van der Waals surface area contributed by atoms with Crippen LogP contribution in [0.2, 0.25) is 0 Å². The van der Waals surface area contributed by atoms with E-state index in [0.717, 1.165) is 6.42 Å². The second kappa shape index (κ2) is 6.56. The summed E-state index contributed by atoms with van der Waals surface area (Å²) in [4.78, 5) is 0. The van der Waals surface area contributed by atoms with Gasteiger partial charge in [0.2, 0.25) is 0 Å². The molecule has 2 aliphatic carbocycles. The topological polar surface area (TPSA) is 9.34 Å². The Morgan fingerprint density at radius 2 is 1.27 bits per heavy atom. The Kier molecular flexibility index (Phi) is 3.36. The molecule has 0 amide bonds. The lowest BCUT2D eigenvalue weighted by molar-refractivity contribution is 0.640. The SMILES string of the molecule is CC1(C)C2=C(CC3C(=C2)c2cccc4c5ccccc5n3c24)c2cc3c(cc21)c1cccc2c4ccccc4n3c21. The van der Waals surface area contributed by atoms with Crippen LogP contribution in [0.15, 0.2) is 109 Å². The third-order valence-electron chi connectivity index (χ3n) is 10.8. The molecule has 8 aromatic rings. The largest absolute Gasteiger partial charge is 0.332 e. The molecule has 41 heavy (non-hydrogen) atoms. The molecule has 3 aromatic heterocycles. The van der Waals surface area contributed by atoms with E-state index in [1.165, 1.54) is 93.3 Å². The number of para-hydroxylation sites is 4. The van der Waals surface area contributed by atoms with E-state index in [1.54, 1.807) is 0 Å². The summed E-state index contributed by atoms with van der Waals surface area (Å²) in [6.07, 6.45) is 3.61. The van der Waals surface area contributed by atoms with E-state index in [4.69, 9.17) is 0 Å². The first-order chi connectivity index (χ1) is 20.1. The maximum Gasteiger partial charge on any atom is 0.0639 e. The zero-order chi connectivity index (χ0) is 26.8. The number of hydrogen-bond acceptors (Lipinski definition) is 0. The summed E-state index contributed by atoms with van der Waals surface area (Å²) in [7, 11) is 0. The van der Waals surface area contributed by atoms with E-state index in [2.05, 4.69) is 126 Å². The molecule has 4 heterocycles. The fourth-order valence-corrected chi connectivity index (χ4v) is 9.05. The number of nitrogens with zero attached hydrogens (tertiary/aromatic N) is 2. The molecule has 0 spiro atoms. The van der Waals surface area contributed by atoms with Crippen molar-refractivity contribution in [1.82, 2.24) is 8.97 Å². The van der Waals surface area contributed by atoms with Crippen LogP contribution in [0.4, 0.5) is 0 Å². The van der Waals surface area contributed by atoms with Crippen molar-refractivity contribution >= 4 is 71.0 Å². The maximum atomic E-state index is 2.65. The fourth-order valence-electron chi connectivity index (χ4n) is 9.05. The van der Waals surface area contributed by atoms with Gasteiger partial charge >= 0.3 is 0 Å². The van der Waals surface area contributed by atoms with E-state index in [0.29, 0.717) is 6.04 Å². The number of aromatic nitrogens is 2. The van der Waals surface area contributed by atoms with Crippen LogP contribution >= 0.6 is 0 Å². The first kappa shape index (κ1) is 21.0. The Morgan fingerprint density at radius 1 is 0.610 bits per heavy atom. The summed E-state index contributed by atoms with van der Waals surface area (Å²) in [6, 6.07) is 37.0. The van der Waals surface area contributed by atoms with Crippen molar-refractivity contribution < 1.29 is 0 Å². The minimum absolute atomic E-state index is 0.0435. The molecule has 0 saturated carbocycles. The van der Waals surface area contributed by atoms with Crippen molar-refractivity contribution in [2.24, 2.45) is 0 Å². The first-order valence-corrected chi connectivity index (χ1v) is 14.8. The quantitative estimate of drug-likeness (QED) is 0.187. The van der Waals surface area contributed by atoms with Crippen molar-refractivity contribution in [1.29, 1.82) is 0 Å². The zero-order valence-electron chi connectivity index (χ0n) is 23.0. The van der Waals surface area contributed by atoms with Gasteiger partial charge in [0.25, 0.3) is 0 Å². The molecule has 0 saturated heterocycles. The van der Waals surface area contributed by atoms with E-state index >= 15 is 0 Å². The van der Waals surface area contributed by atoms with E-state index in [-0.39, 0.29) is 5.41 Å². The van der Waals surface area contributed by atoms with Gasteiger partial charge in [-0.1, -0.05) is 92.7 Å². The summed E-state index contributed by atoms with van der Waals surface area (Å²) < 4.78 is 5.17. The Hall–Kier alpha value is -4.82. The molecule has 2 nitrogen and oxygen atoms in total. The van der Waals surface area contributed by atoms with Gasteiger partial charge in [-0.25, -0.2) is 0 Å². The molecule has 0 fully saturated rings. The standard InChI is InChI=1S/C39H26N2/c1-39(2)31-17-29-25-13-7-11-23-21-9-3-5-15-33(21)40(37(23)25)35(29)19-27(31)28-20-36-30(18-32(28)39)26-14-8-12-24-22-10-4-6-16-34(22)41(36)38(24)26/h3-19,36H,20H2,1-2H3. The molecule has 0 radical (unpaired) electrons. The highest BCUT2D eigenvalue weighted by atomic mass is 15.0. The highest BCUT2D eigenvalue weighted by molar-refractivity contribution is 6.24. The fraction of sp³-hybridized carbons (Fsp3) is 0.128. The molecule has 0 bridgehead atoms. The molecule has 11 rings (SSSR count). The van der Waals surface area contributed by atoms with Crippen LogP contribution in [0.3, 0.4) is 0 Å². The number of rotatable bonds is 0. The number of hydrogen-bond donors (Lipinski definition) is 0. The molecule has 192 valence electrons. The minimum atomic E-state index is -0.0435. The zero-order valence-corrected chi connectivity index (χ0v) is 23.0. The van der Waals surface area contributed by atoms with Gasteiger partial charge < -0.3 is 8.97 Å². The Bertz CT molecular complexity index is 2580. The molecule has 1 atom stereocenters. The predicted molar refractivity (Wildman–Crippen MR) is 172 cm³/mol. The van der Waals surface area contributed by atoms with Gasteiger partial charge in [-0.05, 0) is 58.5 Å². The second-order valence-corrected chi connectivity index (χ2v) is 12.9. The molecule has 2 heteroatoms. The predicted octanol–water partition coefficient (Wildman–Crippen LogP) is 10.0. The van der Waals surface area contributed by atoms with E-state index < -0.39 is 0 Å². The van der Waals surface area contributed by atoms with Gasteiger partial charge in [0.15, 0.2) is 0 Å². The van der Waals surface area contributed by atoms with Gasteiger partial charge in [0.1, 0.15) is 0 Å². The molecule has 5 aromatic carbocycles. The lowest BCUT2D eigenvalue weighted by atomic mass is 9.77. The monoisotopic (exact) mass is 522 g/mol. The van der Waals surface area contributed by atoms with Crippen LogP contribution in [-0.2, 0) is 5.41 Å². The molecule has 0 N–H and O–H groups in total. The maximum absolute atomic E-state index is 2.65. The third kappa shape index (κ3) is 2.18. The van der Waals surface area contributed by atoms with E-state index in [1.807, 2.05) is 0 Å². The molecule has 3 aliphatic rings. The average molecular weight is 523 g/mol. The van der Waals surface area contributed by atoms with Crippen molar-refractivity contribution in [2.75, 3.05) is 0 Å². The van der Waals surface area contributed by atoms with Crippen LogP contribution in [0.1, 0.15) is 43.0 Å². The smallest absolute Gasteiger partial charge is 0.0639 e. The summed E-state index contributed by atoms with van der Waals surface area (Å²) in [5, 5.41) is 8.18. The van der Waals surface area contributed by atoms with Crippen LogP contribution in [0, 0.1) is 0 Å². The van der Waals surface area contributed by atoms with Gasteiger partial charge in [-0.3, -0.25) is 0 Å². The summed E-state index contributed by atoms with van der Waals surface area (Å²) in [5.41, 5.74) is 15.6. The van der Waals surface area contributed by atoms with Crippen LogP contribution in [0.25, 0.3) is 71.0 Å². The minimum Gasteiger partial charge on any atom is -0.332 e. The Labute approximate surface area is 236 Å². The van der Waals surface area contributed by atoms with Gasteiger partial charge in [0, 0.05) is 48.8 Å². The summed E-state index contributed by atoms with van der Waals surface area (Å²) >= 11 is 0. The summed E-state index contributed by atoms with van der Waals surface area (Å²) in [5.74, 6) is 0. The number of allylic oxidation sites excluding steroid dienone is 4. The normalized spacial score (nSPS) is 18.9. The molecular weight excluding hydrogens is 496 g/mol. The summed E-state index contributed by atoms with van der Waals surface area (Å²) in [6.45, 7) is 4.88. The van der Waals surface area contributed by atoms with Gasteiger partial charge in [-0.2, -0.15) is 0 Å². The Balaban J connectivity index is 1.22. The highest BCUT2D eigenvalue weighted by Crippen LogP contribution is 2.59. The average Bonchev–Trinajstić information content (AvgIpc) is 3.76. The Morgan fingerprint density at radius 3 is 2.10 bits per heavy atom. The lowest BCUT2D eigenvalue weighted by Crippen LogP contribution is -2.18. The van der Waals surface area contributed by atoms with Gasteiger partial charge in [0.05, 0.1) is 28.1 Å². The van der Waals surface area contributed by atoms with E-state index in [9.17, 15) is 0 Å². The van der Waals surface area contributed by atoms with Crippen molar-refractivity contribution in [2.45, 2.75) is 31.7 Å². The third-order valence-corrected chi connectivity index (χ3v) is 10.8. The van der Waals surface area contributed by atoms with Crippen molar-refractivity contribution in [3.8, 4) is 0 Å². The van der Waals surface area contributed by atoms with Crippen molar-refractivity contribution in [3.05, 3.63) is 125 Å². The highest BCUT2D eigenvalue weighted by Gasteiger charge is 2.44. The van der Waals surface area contributed by atoms with Crippen LogP contribution in [0.5, 0.6) is 0 Å². The first-order valence-electron chi connectivity index (χ1n) is 14.8. The second-order valence-electron chi connectivity index (χ2n) is 12.9. The van der Waals surface area contributed by atoms with Crippen LogP contribution < -0.4 is 0 Å².